The lowest BCUT2D eigenvalue weighted by Gasteiger charge is -2.09. The molecule has 8 nitrogen and oxygen atoms in total. The first-order valence-electron chi connectivity index (χ1n) is 5.98. The lowest BCUT2D eigenvalue weighted by Crippen LogP contribution is -2.13. The van der Waals surface area contributed by atoms with Crippen molar-refractivity contribution in [3.8, 4) is 17.0 Å². The molecule has 114 valence electrons. The van der Waals surface area contributed by atoms with E-state index in [0.717, 1.165) is 0 Å². The molecule has 1 aromatic carbocycles. The smallest absolute Gasteiger partial charge is 0.241 e. The Morgan fingerprint density at radius 1 is 1.32 bits per heavy atom. The van der Waals surface area contributed by atoms with Gasteiger partial charge in [-0.1, -0.05) is 0 Å². The molecule has 22 heavy (non-hydrogen) atoms. The number of fused-ring (bicyclic) bond motifs is 1. The van der Waals surface area contributed by atoms with Gasteiger partial charge in [0.25, 0.3) is 0 Å². The number of ether oxygens (including phenoxy) is 1. The van der Waals surface area contributed by atoms with E-state index in [1.54, 1.807) is 6.07 Å². The van der Waals surface area contributed by atoms with Crippen molar-refractivity contribution in [2.45, 2.75) is 4.90 Å². The normalized spacial score (nSPS) is 11.8. The minimum Gasteiger partial charge on any atom is -0.495 e. The van der Waals surface area contributed by atoms with Gasteiger partial charge >= 0.3 is 0 Å². The van der Waals surface area contributed by atoms with Crippen LogP contribution in [0.15, 0.2) is 29.4 Å². The predicted octanol–water partition coefficient (Wildman–Crippen LogP) is 1.33. The second-order valence-corrected chi connectivity index (χ2v) is 6.22. The van der Waals surface area contributed by atoms with Gasteiger partial charge in [0, 0.05) is 5.56 Å². The molecule has 3 aromatic rings. The number of hydrogen-bond acceptors (Lipinski definition) is 6. The number of nitrogens with zero attached hydrogens (tertiary/aromatic N) is 3. The number of H-pyrrole nitrogens is 1. The zero-order chi connectivity index (χ0) is 15.9. The number of methoxy groups -OCH3 is 1. The van der Waals surface area contributed by atoms with Gasteiger partial charge in [-0.05, 0) is 29.8 Å². The highest BCUT2D eigenvalue weighted by atomic mass is 35.5. The number of primary sulfonamides is 1. The maximum absolute atomic E-state index is 11.7. The average molecular weight is 340 g/mol. The highest BCUT2D eigenvalue weighted by Gasteiger charge is 2.18. The van der Waals surface area contributed by atoms with E-state index in [4.69, 9.17) is 21.5 Å². The van der Waals surface area contributed by atoms with Crippen LogP contribution in [0.1, 0.15) is 0 Å². The van der Waals surface area contributed by atoms with Crippen LogP contribution < -0.4 is 9.88 Å². The van der Waals surface area contributed by atoms with Crippen molar-refractivity contribution in [1.29, 1.82) is 0 Å². The first kappa shape index (κ1) is 14.7. The second kappa shape index (κ2) is 5.20. The molecule has 0 aliphatic rings. The molecule has 10 heteroatoms. The van der Waals surface area contributed by atoms with Gasteiger partial charge in [-0.3, -0.25) is 0 Å². The first-order valence-corrected chi connectivity index (χ1v) is 7.90. The summed E-state index contributed by atoms with van der Waals surface area (Å²) in [5.74, 6) is 0.146. The number of sulfonamides is 1. The summed E-state index contributed by atoms with van der Waals surface area (Å²) in [4.78, 5) is 14.9. The van der Waals surface area contributed by atoms with E-state index in [-0.39, 0.29) is 15.9 Å². The summed E-state index contributed by atoms with van der Waals surface area (Å²) in [6.45, 7) is 0. The first-order chi connectivity index (χ1) is 10.4. The molecular formula is C12H10ClN5O3S. The Morgan fingerprint density at radius 2 is 2.09 bits per heavy atom. The van der Waals surface area contributed by atoms with E-state index < -0.39 is 10.0 Å². The van der Waals surface area contributed by atoms with Crippen molar-refractivity contribution in [2.24, 2.45) is 5.14 Å². The summed E-state index contributed by atoms with van der Waals surface area (Å²) in [5, 5.41) is 5.22. The van der Waals surface area contributed by atoms with Crippen molar-refractivity contribution in [3.05, 3.63) is 29.8 Å². The van der Waals surface area contributed by atoms with Gasteiger partial charge in [0.2, 0.25) is 15.3 Å². The third-order valence-corrected chi connectivity index (χ3v) is 4.10. The van der Waals surface area contributed by atoms with E-state index in [1.165, 1.54) is 25.6 Å². The lowest BCUT2D eigenvalue weighted by atomic mass is 10.1. The van der Waals surface area contributed by atoms with Crippen molar-refractivity contribution < 1.29 is 13.2 Å². The van der Waals surface area contributed by atoms with Crippen LogP contribution in [-0.4, -0.2) is 35.5 Å². The molecule has 0 unspecified atom stereocenters. The Balaban J connectivity index is 2.30. The van der Waals surface area contributed by atoms with Crippen molar-refractivity contribution in [2.75, 3.05) is 7.11 Å². The number of benzene rings is 1. The van der Waals surface area contributed by atoms with Crippen molar-refractivity contribution in [3.63, 3.8) is 0 Å². The highest BCUT2D eigenvalue weighted by Crippen LogP contribution is 2.31. The van der Waals surface area contributed by atoms with Gasteiger partial charge in [0.05, 0.1) is 13.4 Å². The predicted molar refractivity (Wildman–Crippen MR) is 80.1 cm³/mol. The summed E-state index contributed by atoms with van der Waals surface area (Å²) in [6.07, 6.45) is 1.45. The molecule has 0 bridgehead atoms. The largest absolute Gasteiger partial charge is 0.495 e. The fourth-order valence-corrected chi connectivity index (χ4v) is 2.95. The Bertz CT molecular complexity index is 970. The van der Waals surface area contributed by atoms with Crippen molar-refractivity contribution >= 4 is 32.8 Å². The van der Waals surface area contributed by atoms with Crippen molar-refractivity contribution in [1.82, 2.24) is 19.9 Å². The minimum atomic E-state index is -3.95. The van der Waals surface area contributed by atoms with Gasteiger partial charge in [-0.15, -0.1) is 0 Å². The van der Waals surface area contributed by atoms with Crippen LogP contribution in [0.25, 0.3) is 22.4 Å². The number of aromatic nitrogens is 4. The minimum absolute atomic E-state index is 0.00238. The van der Waals surface area contributed by atoms with E-state index >= 15 is 0 Å². The fourth-order valence-electron chi connectivity index (χ4n) is 2.06. The van der Waals surface area contributed by atoms with Crippen LogP contribution >= 0.6 is 11.6 Å². The van der Waals surface area contributed by atoms with E-state index in [9.17, 15) is 8.42 Å². The Labute approximate surface area is 130 Å². The number of halogens is 1. The summed E-state index contributed by atoms with van der Waals surface area (Å²) >= 11 is 5.88. The average Bonchev–Trinajstić information content (AvgIpc) is 2.92. The van der Waals surface area contributed by atoms with Crippen LogP contribution in [0.2, 0.25) is 5.28 Å². The molecule has 0 amide bonds. The highest BCUT2D eigenvalue weighted by molar-refractivity contribution is 7.89. The van der Waals surface area contributed by atoms with Crippen LogP contribution in [-0.2, 0) is 10.0 Å². The molecule has 0 fully saturated rings. The molecule has 0 aliphatic carbocycles. The molecule has 0 radical (unpaired) electrons. The van der Waals surface area contributed by atoms with Gasteiger partial charge in [0.15, 0.2) is 5.65 Å². The van der Waals surface area contributed by atoms with E-state index in [0.29, 0.717) is 22.4 Å². The van der Waals surface area contributed by atoms with Gasteiger partial charge in [-0.2, -0.15) is 4.98 Å². The van der Waals surface area contributed by atoms with Crippen LogP contribution in [0.5, 0.6) is 5.75 Å². The lowest BCUT2D eigenvalue weighted by molar-refractivity contribution is 0.403. The second-order valence-electron chi connectivity index (χ2n) is 4.35. The number of nitrogens with one attached hydrogen (secondary N) is 1. The van der Waals surface area contributed by atoms with Gasteiger partial charge in [0.1, 0.15) is 21.9 Å². The summed E-state index contributed by atoms with van der Waals surface area (Å²) in [5.41, 5.74) is 1.82. The molecule has 2 heterocycles. The quantitative estimate of drug-likeness (QED) is 0.694. The molecule has 0 aliphatic heterocycles. The maximum Gasteiger partial charge on any atom is 0.241 e. The third-order valence-electron chi connectivity index (χ3n) is 3.00. The van der Waals surface area contributed by atoms with Crippen LogP contribution in [0.3, 0.4) is 0 Å². The van der Waals surface area contributed by atoms with Crippen LogP contribution in [0.4, 0.5) is 0 Å². The molecule has 0 saturated heterocycles. The molecular weight excluding hydrogens is 330 g/mol. The SMILES string of the molecule is COc1ccc(-c2nc(Cl)nc3nc[nH]c23)cc1S(N)(=O)=O. The molecule has 3 N–H and O–H groups in total. The number of hydrogen-bond donors (Lipinski definition) is 2. The Kier molecular flexibility index (Phi) is 3.47. The Morgan fingerprint density at radius 3 is 2.77 bits per heavy atom. The molecule has 0 spiro atoms. The summed E-state index contributed by atoms with van der Waals surface area (Å²) < 4.78 is 28.4. The third kappa shape index (κ3) is 2.49. The standard InChI is InChI=1S/C12H10ClN5O3S/c1-21-7-3-2-6(4-8(7)22(14,19)20)9-10-11(16-5-15-10)18-12(13)17-9/h2-5H,1H3,(H2,14,19,20)(H,15,16,17,18). The summed E-state index contributed by atoms with van der Waals surface area (Å²) in [6, 6.07) is 4.51. The van der Waals surface area contributed by atoms with Crippen LogP contribution in [0, 0.1) is 0 Å². The zero-order valence-electron chi connectivity index (χ0n) is 11.2. The van der Waals surface area contributed by atoms with Gasteiger partial charge in [-0.25, -0.2) is 23.5 Å². The van der Waals surface area contributed by atoms with Gasteiger partial charge < -0.3 is 9.72 Å². The Hall–Kier alpha value is -2.23. The zero-order valence-corrected chi connectivity index (χ0v) is 12.8. The van der Waals surface area contributed by atoms with E-state index in [1.807, 2.05) is 0 Å². The molecule has 0 saturated carbocycles. The molecule has 2 aromatic heterocycles. The fraction of sp³-hybridized carbons (Fsp3) is 0.0833. The molecule has 3 rings (SSSR count). The monoisotopic (exact) mass is 339 g/mol. The maximum atomic E-state index is 11.7. The molecule has 0 atom stereocenters. The number of rotatable bonds is 3. The number of imidazole rings is 1. The summed E-state index contributed by atoms with van der Waals surface area (Å²) in [7, 11) is -2.59. The number of nitrogens with two attached hydrogens (primary N) is 1. The number of aromatic amines is 1. The van der Waals surface area contributed by atoms with E-state index in [2.05, 4.69) is 19.9 Å². The topological polar surface area (TPSA) is 124 Å².